The van der Waals surface area contributed by atoms with Gasteiger partial charge in [0.1, 0.15) is 11.5 Å². The van der Waals surface area contributed by atoms with Crippen LogP contribution in [-0.4, -0.2) is 36.4 Å². The predicted octanol–water partition coefficient (Wildman–Crippen LogP) is 2.73. The molecular weight excluding hydrogens is 264 g/mol. The third kappa shape index (κ3) is 2.75. The smallest absolute Gasteiger partial charge is 0.139 e. The molecule has 1 fully saturated rings. The zero-order chi connectivity index (χ0) is 14.8. The lowest BCUT2D eigenvalue weighted by atomic mass is 10.1. The molecule has 2 N–H and O–H groups in total. The summed E-state index contributed by atoms with van der Waals surface area (Å²) in [6.07, 6.45) is 0. The number of aryl methyl sites for hydroxylation is 1. The van der Waals surface area contributed by atoms with Gasteiger partial charge in [-0.05, 0) is 30.7 Å². The predicted molar refractivity (Wildman–Crippen MR) is 85.4 cm³/mol. The number of phenols is 2. The van der Waals surface area contributed by atoms with Gasteiger partial charge in [0.25, 0.3) is 0 Å². The third-order valence-electron chi connectivity index (χ3n) is 4.03. The van der Waals surface area contributed by atoms with Crippen LogP contribution >= 0.6 is 0 Å². The molecule has 0 bridgehead atoms. The van der Waals surface area contributed by atoms with Gasteiger partial charge in [0.15, 0.2) is 0 Å². The van der Waals surface area contributed by atoms with Gasteiger partial charge in [0, 0.05) is 37.9 Å². The number of benzene rings is 2. The second kappa shape index (κ2) is 5.56. The van der Waals surface area contributed by atoms with Crippen LogP contribution in [0.25, 0.3) is 0 Å². The molecule has 110 valence electrons. The summed E-state index contributed by atoms with van der Waals surface area (Å²) in [5.41, 5.74) is 2.64. The summed E-state index contributed by atoms with van der Waals surface area (Å²) in [5.74, 6) is 0.465. The lowest BCUT2D eigenvalue weighted by molar-refractivity contribution is 0.454. The highest BCUT2D eigenvalue weighted by atomic mass is 16.3. The number of nitrogens with zero attached hydrogens (tertiary/aromatic N) is 2. The summed E-state index contributed by atoms with van der Waals surface area (Å²) in [5, 5.41) is 19.9. The molecule has 0 spiro atoms. The van der Waals surface area contributed by atoms with Gasteiger partial charge in [-0.15, -0.1) is 0 Å². The zero-order valence-electron chi connectivity index (χ0n) is 12.2. The molecule has 0 amide bonds. The molecule has 0 aromatic heterocycles. The van der Waals surface area contributed by atoms with Crippen LogP contribution in [0, 0.1) is 6.92 Å². The average Bonchev–Trinajstić information content (AvgIpc) is 2.52. The van der Waals surface area contributed by atoms with Gasteiger partial charge in [0.05, 0.1) is 5.69 Å². The van der Waals surface area contributed by atoms with Crippen molar-refractivity contribution in [3.8, 4) is 11.5 Å². The number of phenolic OH excluding ortho intramolecular Hbond substituents is 2. The summed E-state index contributed by atoms with van der Waals surface area (Å²) in [6.45, 7) is 5.23. The molecule has 2 aromatic rings. The van der Waals surface area contributed by atoms with Gasteiger partial charge < -0.3 is 20.0 Å². The molecule has 0 saturated carbocycles. The van der Waals surface area contributed by atoms with Crippen LogP contribution in [0.15, 0.2) is 42.5 Å². The second-order valence-corrected chi connectivity index (χ2v) is 5.44. The van der Waals surface area contributed by atoms with Crippen molar-refractivity contribution in [2.24, 2.45) is 0 Å². The Bertz CT molecular complexity index is 620. The zero-order valence-corrected chi connectivity index (χ0v) is 12.2. The van der Waals surface area contributed by atoms with Gasteiger partial charge >= 0.3 is 0 Å². The van der Waals surface area contributed by atoms with E-state index in [-0.39, 0.29) is 11.5 Å². The first-order valence-electron chi connectivity index (χ1n) is 7.22. The molecule has 4 nitrogen and oxygen atoms in total. The third-order valence-corrected chi connectivity index (χ3v) is 4.03. The number of rotatable bonds is 2. The van der Waals surface area contributed by atoms with E-state index in [1.807, 2.05) is 18.2 Å². The highest BCUT2D eigenvalue weighted by Crippen LogP contribution is 2.34. The highest BCUT2D eigenvalue weighted by Gasteiger charge is 2.20. The van der Waals surface area contributed by atoms with Gasteiger partial charge in [0.2, 0.25) is 0 Å². The standard InChI is InChI=1S/C17H20N2O2/c1-13-11-17(21)15(12-16(13)20)19-9-7-18(8-10-19)14-5-3-2-4-6-14/h2-6,11-12,20-21H,7-10H2,1H3. The van der Waals surface area contributed by atoms with Crippen LogP contribution in [0.4, 0.5) is 11.4 Å². The van der Waals surface area contributed by atoms with Crippen molar-refractivity contribution in [2.75, 3.05) is 36.0 Å². The van der Waals surface area contributed by atoms with Crippen molar-refractivity contribution in [3.05, 3.63) is 48.0 Å². The van der Waals surface area contributed by atoms with E-state index in [1.54, 1.807) is 19.1 Å². The van der Waals surface area contributed by atoms with E-state index in [2.05, 4.69) is 21.9 Å². The van der Waals surface area contributed by atoms with Crippen molar-refractivity contribution in [2.45, 2.75) is 6.92 Å². The molecule has 2 aromatic carbocycles. The minimum absolute atomic E-state index is 0.230. The maximum absolute atomic E-state index is 10.1. The van der Waals surface area contributed by atoms with Gasteiger partial charge in [-0.1, -0.05) is 18.2 Å². The van der Waals surface area contributed by atoms with E-state index in [0.717, 1.165) is 26.2 Å². The highest BCUT2D eigenvalue weighted by molar-refractivity contribution is 5.63. The van der Waals surface area contributed by atoms with Crippen molar-refractivity contribution in [1.82, 2.24) is 0 Å². The van der Waals surface area contributed by atoms with Gasteiger partial charge in [-0.25, -0.2) is 0 Å². The Kier molecular flexibility index (Phi) is 3.60. The van der Waals surface area contributed by atoms with Crippen LogP contribution in [0.3, 0.4) is 0 Å². The normalized spacial score (nSPS) is 15.3. The fourth-order valence-corrected chi connectivity index (χ4v) is 2.77. The fraction of sp³-hybridized carbons (Fsp3) is 0.294. The quantitative estimate of drug-likeness (QED) is 0.833. The molecule has 0 unspecified atom stereocenters. The molecule has 1 aliphatic rings. The Labute approximate surface area is 124 Å². The summed E-state index contributed by atoms with van der Waals surface area (Å²) < 4.78 is 0. The van der Waals surface area contributed by atoms with E-state index < -0.39 is 0 Å². The average molecular weight is 284 g/mol. The Balaban J connectivity index is 1.73. The topological polar surface area (TPSA) is 46.9 Å². The molecule has 1 saturated heterocycles. The van der Waals surface area contributed by atoms with Crippen molar-refractivity contribution < 1.29 is 10.2 Å². The van der Waals surface area contributed by atoms with E-state index in [1.165, 1.54) is 5.69 Å². The Morgan fingerprint density at radius 3 is 2.10 bits per heavy atom. The van der Waals surface area contributed by atoms with Gasteiger partial charge in [-0.3, -0.25) is 0 Å². The van der Waals surface area contributed by atoms with Crippen molar-refractivity contribution in [3.63, 3.8) is 0 Å². The summed E-state index contributed by atoms with van der Waals surface area (Å²) in [4.78, 5) is 4.45. The molecular formula is C17H20N2O2. The number of aromatic hydroxyl groups is 2. The first-order chi connectivity index (χ1) is 10.1. The fourth-order valence-electron chi connectivity index (χ4n) is 2.77. The van der Waals surface area contributed by atoms with Crippen molar-refractivity contribution in [1.29, 1.82) is 0 Å². The molecule has 0 atom stereocenters. The van der Waals surface area contributed by atoms with Crippen LogP contribution in [0.2, 0.25) is 0 Å². The number of piperazine rings is 1. The SMILES string of the molecule is Cc1cc(O)c(N2CCN(c3ccccc3)CC2)cc1O. The van der Waals surface area contributed by atoms with Crippen LogP contribution in [-0.2, 0) is 0 Å². The van der Waals surface area contributed by atoms with E-state index in [0.29, 0.717) is 11.3 Å². The summed E-state index contributed by atoms with van der Waals surface area (Å²) in [6, 6.07) is 13.6. The van der Waals surface area contributed by atoms with Crippen LogP contribution < -0.4 is 9.80 Å². The summed E-state index contributed by atoms with van der Waals surface area (Å²) >= 11 is 0. The lowest BCUT2D eigenvalue weighted by Crippen LogP contribution is -2.46. The molecule has 1 heterocycles. The number of hydrogen-bond acceptors (Lipinski definition) is 4. The maximum atomic E-state index is 10.1. The van der Waals surface area contributed by atoms with Crippen molar-refractivity contribution >= 4 is 11.4 Å². The monoisotopic (exact) mass is 284 g/mol. The Hall–Kier alpha value is -2.36. The molecule has 3 rings (SSSR count). The Morgan fingerprint density at radius 2 is 1.43 bits per heavy atom. The maximum Gasteiger partial charge on any atom is 0.139 e. The molecule has 4 heteroatoms. The Morgan fingerprint density at radius 1 is 0.810 bits per heavy atom. The van der Waals surface area contributed by atoms with Crippen LogP contribution in [0.1, 0.15) is 5.56 Å². The van der Waals surface area contributed by atoms with E-state index >= 15 is 0 Å². The van der Waals surface area contributed by atoms with E-state index in [4.69, 9.17) is 0 Å². The molecule has 0 aliphatic carbocycles. The minimum Gasteiger partial charge on any atom is -0.508 e. The second-order valence-electron chi connectivity index (χ2n) is 5.44. The number of anilines is 2. The molecule has 0 radical (unpaired) electrons. The van der Waals surface area contributed by atoms with E-state index in [9.17, 15) is 10.2 Å². The van der Waals surface area contributed by atoms with Crippen LogP contribution in [0.5, 0.6) is 11.5 Å². The number of para-hydroxylation sites is 1. The molecule has 21 heavy (non-hydrogen) atoms. The number of hydrogen-bond donors (Lipinski definition) is 2. The molecule has 1 aliphatic heterocycles. The lowest BCUT2D eigenvalue weighted by Gasteiger charge is -2.37. The summed E-state index contributed by atoms with van der Waals surface area (Å²) in [7, 11) is 0. The first kappa shape index (κ1) is 13.6. The first-order valence-corrected chi connectivity index (χ1v) is 7.22. The van der Waals surface area contributed by atoms with Gasteiger partial charge in [-0.2, -0.15) is 0 Å². The minimum atomic E-state index is 0.230. The largest absolute Gasteiger partial charge is 0.508 e.